The number of aromatic amines is 1. The van der Waals surface area contributed by atoms with E-state index in [1.54, 1.807) is 0 Å². The van der Waals surface area contributed by atoms with Crippen LogP contribution in [-0.2, 0) is 0 Å². The van der Waals surface area contributed by atoms with Gasteiger partial charge in [-0.1, -0.05) is 12.1 Å². The van der Waals surface area contributed by atoms with Crippen LogP contribution in [0, 0.1) is 11.3 Å². The lowest BCUT2D eigenvalue weighted by Gasteiger charge is -2.05. The number of hydrogen-bond donors (Lipinski definition) is 2. The number of aromatic nitrogens is 2. The zero-order valence-electron chi connectivity index (χ0n) is 9.14. The van der Waals surface area contributed by atoms with Gasteiger partial charge in [0.1, 0.15) is 11.7 Å². The number of benzene rings is 1. The van der Waals surface area contributed by atoms with Gasteiger partial charge < -0.3 is 10.3 Å². The molecule has 1 unspecified atom stereocenters. The fourth-order valence-electron chi connectivity index (χ4n) is 1.97. The third kappa shape index (κ3) is 1.64. The predicted molar refractivity (Wildman–Crippen MR) is 64.8 cm³/mol. The summed E-state index contributed by atoms with van der Waals surface area (Å²) in [5.74, 6) is 0.943. The van der Waals surface area contributed by atoms with Crippen LogP contribution in [0.4, 0.5) is 0 Å². The van der Waals surface area contributed by atoms with Crippen LogP contribution in [0.2, 0.25) is 0 Å². The number of hydrogen-bond acceptors (Lipinski definition) is 4. The summed E-state index contributed by atoms with van der Waals surface area (Å²) >= 11 is 0. The van der Waals surface area contributed by atoms with Gasteiger partial charge in [-0.05, 0) is 12.1 Å². The van der Waals surface area contributed by atoms with Crippen molar-refractivity contribution in [2.75, 3.05) is 13.1 Å². The van der Waals surface area contributed by atoms with E-state index in [0.29, 0.717) is 11.7 Å². The number of nitrogens with zero attached hydrogens (tertiary/aromatic N) is 3. The molecule has 0 fully saturated rings. The summed E-state index contributed by atoms with van der Waals surface area (Å²) in [6.45, 7) is 1.53. The molecule has 5 heteroatoms. The van der Waals surface area contributed by atoms with Gasteiger partial charge in [0.15, 0.2) is 5.92 Å². The van der Waals surface area contributed by atoms with Gasteiger partial charge in [-0.15, -0.1) is 0 Å². The minimum absolute atomic E-state index is 0.426. The van der Waals surface area contributed by atoms with Crippen LogP contribution in [0.3, 0.4) is 0 Å². The SMILES string of the molecule is N#CC(C1=NCCN1)c1nc2ccccc2[nH]1. The first-order valence-electron chi connectivity index (χ1n) is 5.51. The highest BCUT2D eigenvalue weighted by atomic mass is 15.1. The number of nitriles is 1. The number of para-hydroxylation sites is 2. The summed E-state index contributed by atoms with van der Waals surface area (Å²) in [7, 11) is 0. The fraction of sp³-hybridized carbons (Fsp3) is 0.250. The van der Waals surface area contributed by atoms with E-state index in [0.717, 1.165) is 24.1 Å². The van der Waals surface area contributed by atoms with Gasteiger partial charge in [0.2, 0.25) is 0 Å². The maximum Gasteiger partial charge on any atom is 0.161 e. The molecule has 2 aromatic rings. The maximum atomic E-state index is 9.23. The molecule has 1 aliphatic rings. The molecular formula is C12H11N5. The van der Waals surface area contributed by atoms with E-state index in [1.165, 1.54) is 0 Å². The quantitative estimate of drug-likeness (QED) is 0.805. The number of nitrogens with one attached hydrogen (secondary N) is 2. The molecule has 3 rings (SSSR count). The molecule has 84 valence electrons. The van der Waals surface area contributed by atoms with E-state index in [9.17, 15) is 5.26 Å². The van der Waals surface area contributed by atoms with Crippen LogP contribution in [0.25, 0.3) is 11.0 Å². The standard InChI is InChI=1S/C12H11N5/c13-7-8(11-14-5-6-15-11)12-16-9-3-1-2-4-10(9)17-12/h1-4,8H,5-6H2,(H,14,15)(H,16,17). The molecule has 1 atom stereocenters. The molecule has 1 aliphatic heterocycles. The molecule has 2 heterocycles. The molecule has 0 aliphatic carbocycles. The van der Waals surface area contributed by atoms with Crippen molar-refractivity contribution >= 4 is 16.9 Å². The highest BCUT2D eigenvalue weighted by molar-refractivity contribution is 5.92. The second kappa shape index (κ2) is 3.91. The van der Waals surface area contributed by atoms with Crippen LogP contribution in [0.15, 0.2) is 29.3 Å². The topological polar surface area (TPSA) is 76.9 Å². The van der Waals surface area contributed by atoms with Crippen molar-refractivity contribution < 1.29 is 0 Å². The van der Waals surface area contributed by atoms with Crippen molar-refractivity contribution in [3.8, 4) is 6.07 Å². The number of fused-ring (bicyclic) bond motifs is 1. The first-order chi connectivity index (χ1) is 8.38. The number of rotatable bonds is 2. The van der Waals surface area contributed by atoms with Gasteiger partial charge in [-0.25, -0.2) is 4.98 Å². The average molecular weight is 225 g/mol. The summed E-state index contributed by atoms with van der Waals surface area (Å²) in [6, 6.07) is 9.98. The molecule has 5 nitrogen and oxygen atoms in total. The average Bonchev–Trinajstić information content (AvgIpc) is 2.98. The largest absolute Gasteiger partial charge is 0.370 e. The van der Waals surface area contributed by atoms with Crippen molar-refractivity contribution in [3.63, 3.8) is 0 Å². The zero-order valence-corrected chi connectivity index (χ0v) is 9.14. The van der Waals surface area contributed by atoms with Crippen LogP contribution in [0.1, 0.15) is 11.7 Å². The van der Waals surface area contributed by atoms with E-state index in [4.69, 9.17) is 0 Å². The van der Waals surface area contributed by atoms with Gasteiger partial charge in [-0.2, -0.15) is 5.26 Å². The smallest absolute Gasteiger partial charge is 0.161 e. The Bertz CT molecular complexity index is 586. The normalized spacial score (nSPS) is 16.3. The summed E-state index contributed by atoms with van der Waals surface area (Å²) < 4.78 is 0. The third-order valence-corrected chi connectivity index (χ3v) is 2.78. The third-order valence-electron chi connectivity index (χ3n) is 2.78. The Kier molecular flexibility index (Phi) is 2.26. The van der Waals surface area contributed by atoms with E-state index in [1.807, 2.05) is 24.3 Å². The van der Waals surface area contributed by atoms with Crippen LogP contribution in [0.5, 0.6) is 0 Å². The predicted octanol–water partition coefficient (Wildman–Crippen LogP) is 1.17. The molecule has 0 radical (unpaired) electrons. The summed E-state index contributed by atoms with van der Waals surface area (Å²) in [4.78, 5) is 11.9. The lowest BCUT2D eigenvalue weighted by Crippen LogP contribution is -2.25. The molecule has 0 bridgehead atoms. The highest BCUT2D eigenvalue weighted by Crippen LogP contribution is 2.18. The van der Waals surface area contributed by atoms with Crippen LogP contribution < -0.4 is 5.32 Å². The Balaban J connectivity index is 2.04. The van der Waals surface area contributed by atoms with E-state index in [2.05, 4.69) is 26.3 Å². The number of H-pyrrole nitrogens is 1. The zero-order chi connectivity index (χ0) is 11.7. The Labute approximate surface area is 98.2 Å². The molecule has 1 aromatic carbocycles. The van der Waals surface area contributed by atoms with Gasteiger partial charge in [-0.3, -0.25) is 4.99 Å². The summed E-state index contributed by atoms with van der Waals surface area (Å²) in [6.07, 6.45) is 0. The van der Waals surface area contributed by atoms with Gasteiger partial charge >= 0.3 is 0 Å². The first-order valence-corrected chi connectivity index (χ1v) is 5.51. The summed E-state index contributed by atoms with van der Waals surface area (Å²) in [5.41, 5.74) is 1.82. The molecule has 0 spiro atoms. The Morgan fingerprint density at radius 3 is 2.94 bits per heavy atom. The monoisotopic (exact) mass is 225 g/mol. The van der Waals surface area contributed by atoms with Crippen molar-refractivity contribution in [2.24, 2.45) is 4.99 Å². The Morgan fingerprint density at radius 1 is 1.35 bits per heavy atom. The molecule has 0 saturated heterocycles. The van der Waals surface area contributed by atoms with Gasteiger partial charge in [0.25, 0.3) is 0 Å². The van der Waals surface area contributed by atoms with Crippen molar-refractivity contribution in [2.45, 2.75) is 5.92 Å². The lowest BCUT2D eigenvalue weighted by molar-refractivity contribution is 0.924. The Hall–Kier alpha value is -2.35. The minimum Gasteiger partial charge on any atom is -0.370 e. The van der Waals surface area contributed by atoms with Crippen molar-refractivity contribution in [1.82, 2.24) is 15.3 Å². The van der Waals surface area contributed by atoms with Crippen LogP contribution in [-0.4, -0.2) is 28.9 Å². The fourth-order valence-corrected chi connectivity index (χ4v) is 1.97. The Morgan fingerprint density at radius 2 is 2.24 bits per heavy atom. The van der Waals surface area contributed by atoms with Gasteiger partial charge in [0.05, 0.1) is 23.6 Å². The summed E-state index contributed by atoms with van der Waals surface area (Å²) in [5, 5.41) is 12.4. The minimum atomic E-state index is -0.426. The van der Waals surface area contributed by atoms with Gasteiger partial charge in [0, 0.05) is 6.54 Å². The molecule has 17 heavy (non-hydrogen) atoms. The van der Waals surface area contributed by atoms with Crippen LogP contribution >= 0.6 is 0 Å². The highest BCUT2D eigenvalue weighted by Gasteiger charge is 2.23. The number of aliphatic imine (C=N–C) groups is 1. The number of amidine groups is 1. The molecule has 1 aromatic heterocycles. The molecular weight excluding hydrogens is 214 g/mol. The molecule has 2 N–H and O–H groups in total. The van der Waals surface area contributed by atoms with E-state index in [-0.39, 0.29) is 0 Å². The first kappa shape index (κ1) is 9.85. The maximum absolute atomic E-state index is 9.23. The number of imidazole rings is 1. The molecule has 0 amide bonds. The van der Waals surface area contributed by atoms with Crippen molar-refractivity contribution in [1.29, 1.82) is 5.26 Å². The van der Waals surface area contributed by atoms with E-state index < -0.39 is 5.92 Å². The molecule has 0 saturated carbocycles. The lowest BCUT2D eigenvalue weighted by atomic mass is 10.1. The second-order valence-electron chi connectivity index (χ2n) is 3.90. The second-order valence-corrected chi connectivity index (χ2v) is 3.90. The van der Waals surface area contributed by atoms with Crippen molar-refractivity contribution in [3.05, 3.63) is 30.1 Å². The van der Waals surface area contributed by atoms with E-state index >= 15 is 0 Å².